The topological polar surface area (TPSA) is 21.3 Å². The molecule has 0 fully saturated rings. The van der Waals surface area contributed by atoms with Gasteiger partial charge in [0.1, 0.15) is 0 Å². The highest BCUT2D eigenvalue weighted by molar-refractivity contribution is 5.76. The molecule has 0 aromatic heterocycles. The summed E-state index contributed by atoms with van der Waals surface area (Å²) in [6, 6.07) is 15.6. The van der Waals surface area contributed by atoms with E-state index in [1.807, 2.05) is 20.8 Å². The molecule has 1 aliphatic rings. The minimum atomic E-state index is -0.179. The Hall–Kier alpha value is -1.64. The van der Waals surface area contributed by atoms with Crippen LogP contribution in [-0.2, 0) is 11.3 Å². The maximum Gasteiger partial charge on any atom is 0.0813 e. The van der Waals surface area contributed by atoms with Crippen molar-refractivity contribution < 1.29 is 4.84 Å². The zero-order valence-electron chi connectivity index (χ0n) is 13.2. The van der Waals surface area contributed by atoms with Gasteiger partial charge in [0.25, 0.3) is 0 Å². The van der Waals surface area contributed by atoms with E-state index in [2.05, 4.69) is 54.9 Å². The average molecular weight is 281 g/mol. The van der Waals surface area contributed by atoms with Crippen LogP contribution in [0.2, 0.25) is 0 Å². The minimum absolute atomic E-state index is 0.179. The molecule has 110 valence electrons. The second-order valence-electron chi connectivity index (χ2n) is 6.80. The van der Waals surface area contributed by atoms with Gasteiger partial charge >= 0.3 is 0 Å². The number of hydrogen-bond acceptors (Lipinski definition) is 2. The van der Waals surface area contributed by atoms with E-state index in [0.717, 1.165) is 6.42 Å². The summed E-state index contributed by atoms with van der Waals surface area (Å²) in [6.45, 7) is 8.28. The first-order valence-electron chi connectivity index (χ1n) is 7.59. The molecule has 2 nitrogen and oxygen atoms in total. The van der Waals surface area contributed by atoms with Gasteiger partial charge in [-0.15, -0.1) is 0 Å². The van der Waals surface area contributed by atoms with Gasteiger partial charge in [0.05, 0.1) is 11.6 Å². The zero-order chi connectivity index (χ0) is 15.0. The maximum absolute atomic E-state index is 5.68. The fourth-order valence-corrected chi connectivity index (χ4v) is 2.77. The highest BCUT2D eigenvalue weighted by Gasteiger charge is 2.19. The molecule has 0 heterocycles. The largest absolute Gasteiger partial charge is 0.296 e. The lowest BCUT2D eigenvalue weighted by Crippen LogP contribution is -2.31. The molecular weight excluding hydrogens is 258 g/mol. The molecule has 2 heteroatoms. The van der Waals surface area contributed by atoms with Gasteiger partial charge in [-0.1, -0.05) is 42.5 Å². The van der Waals surface area contributed by atoms with Crippen LogP contribution >= 0.6 is 0 Å². The van der Waals surface area contributed by atoms with Crippen LogP contribution in [-0.4, -0.2) is 5.60 Å². The number of fused-ring (bicyclic) bond motifs is 3. The van der Waals surface area contributed by atoms with Crippen LogP contribution in [0.4, 0.5) is 0 Å². The van der Waals surface area contributed by atoms with Crippen molar-refractivity contribution in [3.63, 3.8) is 0 Å². The predicted octanol–water partition coefficient (Wildman–Crippen LogP) is 4.64. The van der Waals surface area contributed by atoms with E-state index in [0.29, 0.717) is 0 Å². The summed E-state index contributed by atoms with van der Waals surface area (Å²) in [7, 11) is 0. The molecule has 1 unspecified atom stereocenters. The standard InChI is InChI=1S/C19H23NO/c1-13(20-21-19(2,3)4)14-9-10-18-16(11-14)12-15-7-5-6-8-17(15)18/h5-11,13,20H,12H2,1-4H3. The van der Waals surface area contributed by atoms with E-state index < -0.39 is 0 Å². The monoisotopic (exact) mass is 281 g/mol. The Morgan fingerprint density at radius 3 is 2.48 bits per heavy atom. The lowest BCUT2D eigenvalue weighted by atomic mass is 10.0. The Morgan fingerprint density at radius 1 is 1.00 bits per heavy atom. The van der Waals surface area contributed by atoms with E-state index in [1.165, 1.54) is 27.8 Å². The predicted molar refractivity (Wildman–Crippen MR) is 87.1 cm³/mol. The molecule has 0 radical (unpaired) electrons. The Bertz CT molecular complexity index is 655. The summed E-state index contributed by atoms with van der Waals surface area (Å²) in [5.74, 6) is 0. The Balaban J connectivity index is 1.81. The van der Waals surface area contributed by atoms with Crippen molar-refractivity contribution in [1.82, 2.24) is 5.48 Å². The third-order valence-corrected chi connectivity index (χ3v) is 3.86. The van der Waals surface area contributed by atoms with Crippen molar-refractivity contribution in [3.8, 4) is 11.1 Å². The fourth-order valence-electron chi connectivity index (χ4n) is 2.77. The first kappa shape index (κ1) is 14.3. The SMILES string of the molecule is CC(NOC(C)(C)C)c1ccc2c(c1)Cc1ccccc1-2. The second kappa shape index (κ2) is 5.28. The number of hydroxylamine groups is 1. The Kier molecular flexibility index (Phi) is 3.60. The van der Waals surface area contributed by atoms with Gasteiger partial charge in [0.15, 0.2) is 0 Å². The first-order valence-corrected chi connectivity index (χ1v) is 7.59. The van der Waals surface area contributed by atoms with E-state index >= 15 is 0 Å². The summed E-state index contributed by atoms with van der Waals surface area (Å²) in [4.78, 5) is 5.68. The molecule has 2 aromatic carbocycles. The summed E-state index contributed by atoms with van der Waals surface area (Å²) in [5, 5.41) is 0. The van der Waals surface area contributed by atoms with Crippen LogP contribution in [0, 0.1) is 0 Å². The maximum atomic E-state index is 5.68. The van der Waals surface area contributed by atoms with Crippen molar-refractivity contribution in [1.29, 1.82) is 0 Å². The van der Waals surface area contributed by atoms with Gasteiger partial charge in [-0.05, 0) is 61.9 Å². The smallest absolute Gasteiger partial charge is 0.0813 e. The van der Waals surface area contributed by atoms with Gasteiger partial charge in [-0.3, -0.25) is 4.84 Å². The van der Waals surface area contributed by atoms with Crippen molar-refractivity contribution in [2.24, 2.45) is 0 Å². The van der Waals surface area contributed by atoms with E-state index in [-0.39, 0.29) is 11.6 Å². The molecule has 0 saturated heterocycles. The summed E-state index contributed by atoms with van der Waals surface area (Å²) in [6.07, 6.45) is 1.03. The van der Waals surface area contributed by atoms with Crippen LogP contribution in [0.1, 0.15) is 50.4 Å². The zero-order valence-corrected chi connectivity index (χ0v) is 13.2. The molecule has 0 spiro atoms. The lowest BCUT2D eigenvalue weighted by molar-refractivity contribution is -0.0866. The highest BCUT2D eigenvalue weighted by Crippen LogP contribution is 2.37. The lowest BCUT2D eigenvalue weighted by Gasteiger charge is -2.23. The molecule has 2 aromatic rings. The van der Waals surface area contributed by atoms with Crippen LogP contribution in [0.5, 0.6) is 0 Å². The summed E-state index contributed by atoms with van der Waals surface area (Å²) >= 11 is 0. The summed E-state index contributed by atoms with van der Waals surface area (Å²) < 4.78 is 0. The highest BCUT2D eigenvalue weighted by atomic mass is 16.7. The van der Waals surface area contributed by atoms with Gasteiger partial charge in [-0.2, -0.15) is 5.48 Å². The number of benzene rings is 2. The van der Waals surface area contributed by atoms with Crippen LogP contribution in [0.25, 0.3) is 11.1 Å². The molecule has 0 saturated carbocycles. The van der Waals surface area contributed by atoms with Crippen molar-refractivity contribution >= 4 is 0 Å². The van der Waals surface area contributed by atoms with Crippen molar-refractivity contribution in [2.75, 3.05) is 0 Å². The Morgan fingerprint density at radius 2 is 1.71 bits per heavy atom. The van der Waals surface area contributed by atoms with E-state index in [4.69, 9.17) is 4.84 Å². The molecule has 0 bridgehead atoms. The van der Waals surface area contributed by atoms with Gasteiger partial charge in [0, 0.05) is 0 Å². The minimum Gasteiger partial charge on any atom is -0.296 e. The fraction of sp³-hybridized carbons (Fsp3) is 0.368. The summed E-state index contributed by atoms with van der Waals surface area (Å²) in [5.41, 5.74) is 9.84. The van der Waals surface area contributed by atoms with Gasteiger partial charge in [0.2, 0.25) is 0 Å². The van der Waals surface area contributed by atoms with Crippen molar-refractivity contribution in [3.05, 3.63) is 59.2 Å². The normalized spacial score (nSPS) is 14.7. The molecule has 1 aliphatic carbocycles. The second-order valence-corrected chi connectivity index (χ2v) is 6.80. The molecule has 0 aliphatic heterocycles. The average Bonchev–Trinajstić information content (AvgIpc) is 2.81. The van der Waals surface area contributed by atoms with E-state index in [9.17, 15) is 0 Å². The van der Waals surface area contributed by atoms with Crippen LogP contribution in [0.3, 0.4) is 0 Å². The number of rotatable bonds is 3. The van der Waals surface area contributed by atoms with E-state index in [1.54, 1.807) is 0 Å². The van der Waals surface area contributed by atoms with Gasteiger partial charge in [-0.25, -0.2) is 0 Å². The molecular formula is C19H23NO. The van der Waals surface area contributed by atoms with Crippen molar-refractivity contribution in [2.45, 2.75) is 45.8 Å². The quantitative estimate of drug-likeness (QED) is 0.706. The third kappa shape index (κ3) is 3.02. The Labute approximate surface area is 127 Å². The molecule has 21 heavy (non-hydrogen) atoms. The molecule has 0 amide bonds. The van der Waals surface area contributed by atoms with Crippen LogP contribution < -0.4 is 5.48 Å². The molecule has 1 atom stereocenters. The number of hydrogen-bond donors (Lipinski definition) is 1. The molecule has 1 N–H and O–H groups in total. The molecule has 3 rings (SSSR count). The number of nitrogens with one attached hydrogen (secondary N) is 1. The third-order valence-electron chi connectivity index (χ3n) is 3.86. The van der Waals surface area contributed by atoms with Crippen LogP contribution in [0.15, 0.2) is 42.5 Å². The van der Waals surface area contributed by atoms with Gasteiger partial charge < -0.3 is 0 Å². The first-order chi connectivity index (χ1) is 9.94.